The molecule has 1 fully saturated rings. The van der Waals surface area contributed by atoms with Gasteiger partial charge in [0.25, 0.3) is 0 Å². The molecule has 1 aliphatic carbocycles. The maximum Gasteiger partial charge on any atom is 0.356 e. The SMILES string of the molecule is COC1CCCC(OC(=O)c2cc(N)n[nH]2)C1. The third kappa shape index (κ3) is 2.97. The van der Waals surface area contributed by atoms with Crippen LogP contribution in [0.5, 0.6) is 0 Å². The molecule has 1 aromatic heterocycles. The van der Waals surface area contributed by atoms with Crippen molar-refractivity contribution in [2.75, 3.05) is 12.8 Å². The van der Waals surface area contributed by atoms with Crippen LogP contribution in [0.2, 0.25) is 0 Å². The van der Waals surface area contributed by atoms with Gasteiger partial charge in [0.15, 0.2) is 0 Å². The van der Waals surface area contributed by atoms with Gasteiger partial charge in [-0.15, -0.1) is 0 Å². The molecule has 1 saturated carbocycles. The van der Waals surface area contributed by atoms with Crippen LogP contribution in [0.1, 0.15) is 36.2 Å². The molecule has 2 unspecified atom stereocenters. The van der Waals surface area contributed by atoms with Crippen molar-refractivity contribution >= 4 is 11.8 Å². The van der Waals surface area contributed by atoms with E-state index in [-0.39, 0.29) is 18.0 Å². The Labute approximate surface area is 99.5 Å². The third-order valence-electron chi connectivity index (χ3n) is 3.00. The summed E-state index contributed by atoms with van der Waals surface area (Å²) in [6, 6.07) is 1.47. The first-order valence-corrected chi connectivity index (χ1v) is 5.73. The third-order valence-corrected chi connectivity index (χ3v) is 3.00. The van der Waals surface area contributed by atoms with Crippen molar-refractivity contribution in [3.05, 3.63) is 11.8 Å². The van der Waals surface area contributed by atoms with Crippen molar-refractivity contribution in [3.8, 4) is 0 Å². The quantitative estimate of drug-likeness (QED) is 0.771. The molecule has 2 atom stereocenters. The Morgan fingerprint density at radius 3 is 2.94 bits per heavy atom. The maximum atomic E-state index is 11.7. The van der Waals surface area contributed by atoms with Gasteiger partial charge >= 0.3 is 5.97 Å². The van der Waals surface area contributed by atoms with Crippen molar-refractivity contribution in [3.63, 3.8) is 0 Å². The van der Waals surface area contributed by atoms with E-state index in [1.807, 2.05) is 0 Å². The molecule has 1 heterocycles. The van der Waals surface area contributed by atoms with Crippen molar-refractivity contribution in [1.82, 2.24) is 10.2 Å². The van der Waals surface area contributed by atoms with Gasteiger partial charge in [0.2, 0.25) is 0 Å². The van der Waals surface area contributed by atoms with Crippen LogP contribution >= 0.6 is 0 Å². The minimum atomic E-state index is -0.407. The standard InChI is InChI=1S/C11H17N3O3/c1-16-7-3-2-4-8(5-7)17-11(15)9-6-10(12)14-13-9/h6-8H,2-5H2,1H3,(H3,12,13,14). The molecule has 3 N–H and O–H groups in total. The summed E-state index contributed by atoms with van der Waals surface area (Å²) < 4.78 is 10.7. The lowest BCUT2D eigenvalue weighted by Gasteiger charge is -2.27. The lowest BCUT2D eigenvalue weighted by atomic mass is 9.95. The summed E-state index contributed by atoms with van der Waals surface area (Å²) in [5.41, 5.74) is 5.72. The average Bonchev–Trinajstić information content (AvgIpc) is 2.76. The minimum Gasteiger partial charge on any atom is -0.458 e. The normalized spacial score (nSPS) is 24.5. The van der Waals surface area contributed by atoms with Gasteiger partial charge in [-0.1, -0.05) is 0 Å². The summed E-state index contributed by atoms with van der Waals surface area (Å²) in [5, 5.41) is 6.23. The monoisotopic (exact) mass is 239 g/mol. The molecule has 6 heteroatoms. The Kier molecular flexibility index (Phi) is 3.63. The van der Waals surface area contributed by atoms with Gasteiger partial charge in [0.1, 0.15) is 17.6 Å². The molecular weight excluding hydrogens is 222 g/mol. The number of nitrogens with one attached hydrogen (secondary N) is 1. The van der Waals surface area contributed by atoms with Crippen LogP contribution in [-0.2, 0) is 9.47 Å². The van der Waals surface area contributed by atoms with E-state index in [2.05, 4.69) is 10.2 Å². The van der Waals surface area contributed by atoms with Crippen molar-refractivity contribution in [2.24, 2.45) is 0 Å². The van der Waals surface area contributed by atoms with Crippen LogP contribution in [0.25, 0.3) is 0 Å². The van der Waals surface area contributed by atoms with E-state index in [0.717, 1.165) is 25.7 Å². The van der Waals surface area contributed by atoms with Crippen LogP contribution in [-0.4, -0.2) is 35.5 Å². The van der Waals surface area contributed by atoms with E-state index in [1.165, 1.54) is 6.07 Å². The molecule has 17 heavy (non-hydrogen) atoms. The van der Waals surface area contributed by atoms with E-state index >= 15 is 0 Å². The Morgan fingerprint density at radius 2 is 2.29 bits per heavy atom. The number of carbonyl (C=O) groups excluding carboxylic acids is 1. The van der Waals surface area contributed by atoms with Gasteiger partial charge < -0.3 is 15.2 Å². The fourth-order valence-corrected chi connectivity index (χ4v) is 2.08. The largest absolute Gasteiger partial charge is 0.458 e. The zero-order valence-electron chi connectivity index (χ0n) is 9.81. The molecule has 0 amide bonds. The number of esters is 1. The number of rotatable bonds is 3. The number of hydrogen-bond donors (Lipinski definition) is 2. The Morgan fingerprint density at radius 1 is 1.53 bits per heavy atom. The molecule has 1 aromatic rings. The average molecular weight is 239 g/mol. The zero-order chi connectivity index (χ0) is 12.3. The molecule has 1 aliphatic rings. The maximum absolute atomic E-state index is 11.7. The number of anilines is 1. The lowest BCUT2D eigenvalue weighted by molar-refractivity contribution is -0.0153. The first-order chi connectivity index (χ1) is 8.19. The second-order valence-electron chi connectivity index (χ2n) is 4.26. The molecule has 0 aromatic carbocycles. The second kappa shape index (κ2) is 5.18. The van der Waals surface area contributed by atoms with Crippen LogP contribution in [0.3, 0.4) is 0 Å². The summed E-state index contributed by atoms with van der Waals surface area (Å²) in [7, 11) is 1.68. The number of methoxy groups -OCH3 is 1. The van der Waals surface area contributed by atoms with Crippen molar-refractivity contribution in [1.29, 1.82) is 0 Å². The topological polar surface area (TPSA) is 90.2 Å². The zero-order valence-corrected chi connectivity index (χ0v) is 9.81. The number of nitrogen functional groups attached to an aromatic ring is 1. The summed E-state index contributed by atoms with van der Waals surface area (Å²) in [6.07, 6.45) is 3.80. The van der Waals surface area contributed by atoms with Crippen LogP contribution < -0.4 is 5.73 Å². The second-order valence-corrected chi connectivity index (χ2v) is 4.26. The van der Waals surface area contributed by atoms with Gasteiger partial charge in [-0.3, -0.25) is 5.10 Å². The Balaban J connectivity index is 1.90. The highest BCUT2D eigenvalue weighted by Gasteiger charge is 2.25. The van der Waals surface area contributed by atoms with Crippen LogP contribution in [0, 0.1) is 0 Å². The van der Waals surface area contributed by atoms with Gasteiger partial charge in [-0.05, 0) is 19.3 Å². The number of nitrogens with zero attached hydrogens (tertiary/aromatic N) is 1. The highest BCUT2D eigenvalue weighted by atomic mass is 16.5. The van der Waals surface area contributed by atoms with Gasteiger partial charge in [0, 0.05) is 19.6 Å². The fourth-order valence-electron chi connectivity index (χ4n) is 2.08. The highest BCUT2D eigenvalue weighted by molar-refractivity contribution is 5.88. The van der Waals surface area contributed by atoms with Crippen molar-refractivity contribution in [2.45, 2.75) is 37.9 Å². The number of H-pyrrole nitrogens is 1. The number of carbonyl (C=O) groups is 1. The van der Waals surface area contributed by atoms with Gasteiger partial charge in [0.05, 0.1) is 6.10 Å². The van der Waals surface area contributed by atoms with E-state index in [9.17, 15) is 4.79 Å². The van der Waals surface area contributed by atoms with E-state index in [1.54, 1.807) is 7.11 Å². The summed E-state index contributed by atoms with van der Waals surface area (Å²) in [5.74, 6) is -0.119. The van der Waals surface area contributed by atoms with Crippen molar-refractivity contribution < 1.29 is 14.3 Å². The Bertz CT molecular complexity index is 391. The minimum absolute atomic E-state index is 0.0780. The molecule has 0 bridgehead atoms. The summed E-state index contributed by atoms with van der Waals surface area (Å²) in [4.78, 5) is 11.7. The van der Waals surface area contributed by atoms with Gasteiger partial charge in [-0.25, -0.2) is 4.79 Å². The summed E-state index contributed by atoms with van der Waals surface area (Å²) >= 11 is 0. The number of ether oxygens (including phenoxy) is 2. The number of hydrogen-bond acceptors (Lipinski definition) is 5. The lowest BCUT2D eigenvalue weighted by Crippen LogP contribution is -2.29. The molecule has 0 spiro atoms. The molecule has 94 valence electrons. The Hall–Kier alpha value is -1.56. The van der Waals surface area contributed by atoms with Gasteiger partial charge in [-0.2, -0.15) is 5.10 Å². The highest BCUT2D eigenvalue weighted by Crippen LogP contribution is 2.23. The van der Waals surface area contributed by atoms with E-state index in [0.29, 0.717) is 5.69 Å². The molecular formula is C11H17N3O3. The van der Waals surface area contributed by atoms with E-state index < -0.39 is 5.97 Å². The van der Waals surface area contributed by atoms with E-state index in [4.69, 9.17) is 15.2 Å². The first-order valence-electron chi connectivity index (χ1n) is 5.73. The molecule has 0 radical (unpaired) electrons. The molecule has 0 saturated heterocycles. The number of aromatic nitrogens is 2. The predicted molar refractivity (Wildman–Crippen MR) is 61.5 cm³/mol. The smallest absolute Gasteiger partial charge is 0.356 e. The molecule has 2 rings (SSSR count). The number of aromatic amines is 1. The van der Waals surface area contributed by atoms with Crippen LogP contribution in [0.4, 0.5) is 5.82 Å². The number of nitrogens with two attached hydrogens (primary N) is 1. The molecule has 0 aliphatic heterocycles. The van der Waals surface area contributed by atoms with Crippen LogP contribution in [0.15, 0.2) is 6.07 Å². The first kappa shape index (κ1) is 11.9. The fraction of sp³-hybridized carbons (Fsp3) is 0.636. The summed E-state index contributed by atoms with van der Waals surface area (Å²) in [6.45, 7) is 0. The predicted octanol–water partition coefficient (Wildman–Crippen LogP) is 1.11. The molecule has 6 nitrogen and oxygen atoms in total.